The van der Waals surface area contributed by atoms with Gasteiger partial charge in [0.1, 0.15) is 0 Å². The monoisotopic (exact) mass is 358 g/mol. The van der Waals surface area contributed by atoms with Crippen LogP contribution >= 0.6 is 0 Å². The van der Waals surface area contributed by atoms with Crippen molar-refractivity contribution in [3.63, 3.8) is 0 Å². The topological polar surface area (TPSA) is 43.1 Å². The molecule has 3 nitrogen and oxygen atoms in total. The number of ketones is 1. The fraction of sp³-hybridized carbons (Fsp3) is 0.286. The van der Waals surface area contributed by atoms with Crippen molar-refractivity contribution in [2.45, 2.75) is 19.0 Å². The highest BCUT2D eigenvalue weighted by Crippen LogP contribution is 2.27. The van der Waals surface area contributed by atoms with Gasteiger partial charge in [-0.3, -0.25) is 15.0 Å². The molecule has 2 rings (SSSR count). The van der Waals surface area contributed by atoms with Crippen molar-refractivity contribution in [1.29, 1.82) is 0 Å². The second kappa shape index (κ2) is 8.95. The highest BCUT2D eigenvalue weighted by Gasteiger charge is 2.50. The Labute approximate surface area is 157 Å². The number of likely N-dealkylation sites (N-methyl/N-ethyl adjacent to an activating group) is 1. The summed E-state index contributed by atoms with van der Waals surface area (Å²) < 4.78 is 0.416. The number of benzene rings is 2. The molecule has 0 aliphatic rings. The van der Waals surface area contributed by atoms with E-state index in [0.717, 1.165) is 12.1 Å². The van der Waals surface area contributed by atoms with E-state index in [1.54, 1.807) is 0 Å². The largest absolute Gasteiger partial charge is 1.00 e. The summed E-state index contributed by atoms with van der Waals surface area (Å²) in [6.07, 6.45) is 2.33. The first-order valence-corrected chi connectivity index (χ1v) is 8.35. The molecule has 2 aromatic rings. The Morgan fingerprint density at radius 1 is 1.12 bits per heavy atom. The zero-order valence-corrected chi connectivity index (χ0v) is 15.7. The van der Waals surface area contributed by atoms with Gasteiger partial charge in [-0.05, 0) is 18.6 Å². The Morgan fingerprint density at radius 3 is 2.12 bits per heavy atom. The van der Waals surface area contributed by atoms with E-state index in [2.05, 4.69) is 13.5 Å². The van der Waals surface area contributed by atoms with Crippen LogP contribution in [0.2, 0.25) is 0 Å². The van der Waals surface area contributed by atoms with E-state index < -0.39 is 5.66 Å². The molecule has 0 heterocycles. The molecule has 0 bridgehead atoms. The third-order valence-corrected chi connectivity index (χ3v) is 4.94. The maximum Gasteiger partial charge on any atom is 0.239 e. The number of carbonyl (C=O) groups excluding carboxylic acids is 1. The van der Waals surface area contributed by atoms with Crippen molar-refractivity contribution >= 4 is 5.78 Å². The second-order valence-corrected chi connectivity index (χ2v) is 6.47. The summed E-state index contributed by atoms with van der Waals surface area (Å²) >= 11 is 0. The molecule has 0 saturated heterocycles. The van der Waals surface area contributed by atoms with Crippen LogP contribution < -0.4 is 18.1 Å². The van der Waals surface area contributed by atoms with Crippen LogP contribution in [-0.2, 0) is 6.42 Å². The zero-order valence-electron chi connectivity index (χ0n) is 15.0. The highest BCUT2D eigenvalue weighted by atomic mass is 35.5. The second-order valence-electron chi connectivity index (χ2n) is 6.47. The molecule has 25 heavy (non-hydrogen) atoms. The lowest BCUT2D eigenvalue weighted by Gasteiger charge is -2.47. The van der Waals surface area contributed by atoms with Crippen LogP contribution in [0.25, 0.3) is 0 Å². The van der Waals surface area contributed by atoms with Gasteiger partial charge in [0, 0.05) is 5.56 Å². The molecule has 134 valence electrons. The Kier molecular flexibility index (Phi) is 7.56. The van der Waals surface area contributed by atoms with Gasteiger partial charge in [-0.25, -0.2) is 0 Å². The number of carbonyl (C=O) groups is 1. The summed E-state index contributed by atoms with van der Waals surface area (Å²) in [5, 5.41) is 0. The van der Waals surface area contributed by atoms with E-state index in [9.17, 15) is 4.79 Å². The first-order chi connectivity index (χ1) is 11.5. The van der Waals surface area contributed by atoms with Crippen molar-refractivity contribution in [3.8, 4) is 0 Å². The van der Waals surface area contributed by atoms with Gasteiger partial charge in [0.2, 0.25) is 11.4 Å². The molecule has 2 N–H and O–H groups in total. The molecular formula is C21H27ClN2O. The maximum absolute atomic E-state index is 13.4. The summed E-state index contributed by atoms with van der Waals surface area (Å²) in [5.41, 5.74) is 7.52. The van der Waals surface area contributed by atoms with E-state index in [0.29, 0.717) is 23.0 Å². The van der Waals surface area contributed by atoms with Gasteiger partial charge in [-0.15, -0.1) is 0 Å². The molecule has 0 aliphatic heterocycles. The van der Waals surface area contributed by atoms with E-state index in [4.69, 9.17) is 5.73 Å². The molecule has 2 atom stereocenters. The normalized spacial score (nSPS) is 15.3. The van der Waals surface area contributed by atoms with Crippen LogP contribution in [0.15, 0.2) is 73.3 Å². The molecule has 4 heteroatoms. The third-order valence-electron chi connectivity index (χ3n) is 4.94. The summed E-state index contributed by atoms with van der Waals surface area (Å²) in [6.45, 7) is 7.31. The van der Waals surface area contributed by atoms with Crippen LogP contribution in [0.3, 0.4) is 0 Å². The summed E-state index contributed by atoms with van der Waals surface area (Å²) in [5.74, 6) is -0.0295. The summed E-state index contributed by atoms with van der Waals surface area (Å²) in [7, 11) is 2.03. The van der Waals surface area contributed by atoms with Crippen molar-refractivity contribution in [3.05, 3.63) is 84.4 Å². The SMILES string of the molecule is C=CC[N+](C)(CC)C(N)(Cc1ccccc1)C(=O)c1ccccc1.[Cl-]. The predicted octanol–water partition coefficient (Wildman–Crippen LogP) is 0.424. The van der Waals surface area contributed by atoms with Gasteiger partial charge in [0.25, 0.3) is 0 Å². The van der Waals surface area contributed by atoms with Gasteiger partial charge in [0.15, 0.2) is 0 Å². The van der Waals surface area contributed by atoms with Crippen molar-refractivity contribution < 1.29 is 21.7 Å². The van der Waals surface area contributed by atoms with Crippen LogP contribution in [0.5, 0.6) is 0 Å². The molecule has 0 radical (unpaired) electrons. The molecule has 0 fully saturated rings. The molecule has 0 aromatic heterocycles. The van der Waals surface area contributed by atoms with E-state index in [1.165, 1.54) is 0 Å². The van der Waals surface area contributed by atoms with Gasteiger partial charge in [0.05, 0.1) is 26.6 Å². The van der Waals surface area contributed by atoms with Gasteiger partial charge in [-0.1, -0.05) is 67.2 Å². The Hall–Kier alpha value is -1.94. The van der Waals surface area contributed by atoms with Crippen LogP contribution in [0, 0.1) is 0 Å². The molecule has 2 unspecified atom stereocenters. The van der Waals surface area contributed by atoms with Gasteiger partial charge >= 0.3 is 0 Å². The first-order valence-electron chi connectivity index (χ1n) is 8.35. The molecule has 0 amide bonds. The molecule has 2 aromatic carbocycles. The standard InChI is InChI=1S/C21H27N2O.ClH/c1-4-16-23(3,5-2)21(22,17-18-12-8-6-9-13-18)20(24)19-14-10-7-11-15-19;/h4,6-15H,1,5,16-17,22H2,2-3H3;1H/q+1;/p-1. The number of halogens is 1. The number of rotatable bonds is 8. The summed E-state index contributed by atoms with van der Waals surface area (Å²) in [6, 6.07) is 19.3. The lowest BCUT2D eigenvalue weighted by Crippen LogP contribution is -3.00. The number of hydrogen-bond acceptors (Lipinski definition) is 2. The van der Waals surface area contributed by atoms with Crippen LogP contribution in [0.1, 0.15) is 22.8 Å². The van der Waals surface area contributed by atoms with Gasteiger partial charge in [-0.2, -0.15) is 0 Å². The number of hydrogen-bond donors (Lipinski definition) is 1. The minimum absolute atomic E-state index is 0. The fourth-order valence-electron chi connectivity index (χ4n) is 3.12. The first kappa shape index (κ1) is 21.1. The van der Waals surface area contributed by atoms with Crippen LogP contribution in [0.4, 0.5) is 0 Å². The Morgan fingerprint density at radius 2 is 1.64 bits per heavy atom. The number of quaternary nitrogens is 1. The Bertz CT molecular complexity index is 690. The zero-order chi connectivity index (χ0) is 17.6. The number of nitrogens with zero attached hydrogens (tertiary/aromatic N) is 1. The van der Waals surface area contributed by atoms with Crippen molar-refractivity contribution in [2.75, 3.05) is 20.1 Å². The molecule has 0 spiro atoms. The number of nitrogens with two attached hydrogens (primary N) is 1. The molecular weight excluding hydrogens is 332 g/mol. The lowest BCUT2D eigenvalue weighted by atomic mass is 9.88. The number of Topliss-reactive ketones (excluding diaryl/α,β-unsaturated/α-hetero) is 1. The average molecular weight is 359 g/mol. The smallest absolute Gasteiger partial charge is 0.239 e. The van der Waals surface area contributed by atoms with E-state index >= 15 is 0 Å². The fourth-order valence-corrected chi connectivity index (χ4v) is 3.12. The van der Waals surface area contributed by atoms with Gasteiger partial charge < -0.3 is 12.4 Å². The van der Waals surface area contributed by atoms with E-state index in [1.807, 2.05) is 73.8 Å². The van der Waals surface area contributed by atoms with E-state index in [-0.39, 0.29) is 18.2 Å². The van der Waals surface area contributed by atoms with Crippen molar-refractivity contribution in [1.82, 2.24) is 0 Å². The minimum Gasteiger partial charge on any atom is -1.00 e. The predicted molar refractivity (Wildman–Crippen MR) is 99.6 cm³/mol. The third kappa shape index (κ3) is 4.37. The average Bonchev–Trinajstić information content (AvgIpc) is 2.62. The minimum atomic E-state index is -1.05. The highest BCUT2D eigenvalue weighted by molar-refractivity contribution is 6.02. The quantitative estimate of drug-likeness (QED) is 0.322. The van der Waals surface area contributed by atoms with Crippen LogP contribution in [-0.4, -0.2) is 36.1 Å². The summed E-state index contributed by atoms with van der Waals surface area (Å²) in [4.78, 5) is 13.4. The molecule has 0 aliphatic carbocycles. The maximum atomic E-state index is 13.4. The Balaban J connectivity index is 0.00000312. The lowest BCUT2D eigenvalue weighted by molar-refractivity contribution is -0.941. The van der Waals surface area contributed by atoms with Crippen molar-refractivity contribution in [2.24, 2.45) is 5.73 Å². The molecule has 0 saturated carbocycles.